The zero-order valence-electron chi connectivity index (χ0n) is 17.8. The highest BCUT2D eigenvalue weighted by atomic mass is 19.1. The van der Waals surface area contributed by atoms with Crippen LogP contribution in [0.5, 0.6) is 5.75 Å². The summed E-state index contributed by atoms with van der Waals surface area (Å²) >= 11 is 0. The number of furan rings is 1. The summed E-state index contributed by atoms with van der Waals surface area (Å²) in [4.78, 5) is 29.4. The number of carbonyl (C=O) groups is 2. The molecule has 2 aliphatic rings. The van der Waals surface area contributed by atoms with Crippen molar-refractivity contribution in [3.05, 3.63) is 59.3 Å². The van der Waals surface area contributed by atoms with Crippen molar-refractivity contribution in [2.45, 2.75) is 12.5 Å². The molecule has 1 aromatic carbocycles. The molecule has 0 spiro atoms. The minimum atomic E-state index is -0.889. The Bertz CT molecular complexity index is 1010. The van der Waals surface area contributed by atoms with E-state index in [1.807, 2.05) is 0 Å². The molecule has 1 amide bonds. The second-order valence-electron chi connectivity index (χ2n) is 7.66. The van der Waals surface area contributed by atoms with Gasteiger partial charge in [-0.1, -0.05) is 0 Å². The predicted molar refractivity (Wildman–Crippen MR) is 113 cm³/mol. The van der Waals surface area contributed by atoms with Crippen LogP contribution in [-0.2, 0) is 14.3 Å². The van der Waals surface area contributed by atoms with Gasteiger partial charge in [-0.25, -0.2) is 4.39 Å². The summed E-state index contributed by atoms with van der Waals surface area (Å²) < 4.78 is 30.0. The van der Waals surface area contributed by atoms with Gasteiger partial charge in [0.15, 0.2) is 11.6 Å². The van der Waals surface area contributed by atoms with Crippen LogP contribution in [0.2, 0.25) is 0 Å². The smallest absolute Gasteiger partial charge is 0.295 e. The fourth-order valence-corrected chi connectivity index (χ4v) is 4.11. The average molecular weight is 444 g/mol. The highest BCUT2D eigenvalue weighted by Crippen LogP contribution is 2.40. The summed E-state index contributed by atoms with van der Waals surface area (Å²) in [5, 5.41) is 10.9. The topological polar surface area (TPSA) is 92.5 Å². The second-order valence-corrected chi connectivity index (χ2v) is 7.66. The third kappa shape index (κ3) is 4.26. The maximum atomic E-state index is 14.2. The van der Waals surface area contributed by atoms with E-state index >= 15 is 0 Å². The van der Waals surface area contributed by atoms with Crippen LogP contribution in [0, 0.1) is 5.82 Å². The quantitative estimate of drug-likeness (QED) is 0.399. The van der Waals surface area contributed by atoms with Gasteiger partial charge < -0.3 is 23.9 Å². The van der Waals surface area contributed by atoms with Crippen molar-refractivity contribution >= 4 is 17.4 Å². The summed E-state index contributed by atoms with van der Waals surface area (Å²) in [7, 11) is 1.33. The van der Waals surface area contributed by atoms with Gasteiger partial charge in [-0.05, 0) is 36.8 Å². The predicted octanol–water partition coefficient (Wildman–Crippen LogP) is 2.57. The van der Waals surface area contributed by atoms with Gasteiger partial charge in [-0.2, -0.15) is 0 Å². The molecule has 8 nitrogen and oxygen atoms in total. The van der Waals surface area contributed by atoms with E-state index in [2.05, 4.69) is 4.90 Å². The van der Waals surface area contributed by atoms with Crippen LogP contribution in [0.4, 0.5) is 4.39 Å². The number of amides is 1. The molecule has 0 bridgehead atoms. The van der Waals surface area contributed by atoms with E-state index in [-0.39, 0.29) is 16.9 Å². The molecule has 2 aliphatic heterocycles. The number of hydrogen-bond acceptors (Lipinski definition) is 7. The Morgan fingerprint density at radius 3 is 2.66 bits per heavy atom. The lowest BCUT2D eigenvalue weighted by Crippen LogP contribution is -2.38. The molecule has 3 heterocycles. The van der Waals surface area contributed by atoms with Gasteiger partial charge in [0.05, 0.1) is 32.2 Å². The summed E-state index contributed by atoms with van der Waals surface area (Å²) in [6, 6.07) is 6.26. The van der Waals surface area contributed by atoms with Crippen molar-refractivity contribution in [1.29, 1.82) is 0 Å². The highest BCUT2D eigenvalue weighted by molar-refractivity contribution is 6.46. The third-order valence-electron chi connectivity index (χ3n) is 5.75. The minimum Gasteiger partial charge on any atom is -0.507 e. The number of methoxy groups -OCH3 is 1. The van der Waals surface area contributed by atoms with Crippen molar-refractivity contribution in [2.24, 2.45) is 0 Å². The van der Waals surface area contributed by atoms with E-state index in [0.29, 0.717) is 31.9 Å². The first-order valence-electron chi connectivity index (χ1n) is 10.5. The number of carbonyl (C=O) groups excluding carboxylic acids is 2. The molecule has 32 heavy (non-hydrogen) atoms. The maximum absolute atomic E-state index is 14.2. The largest absolute Gasteiger partial charge is 0.507 e. The number of halogens is 1. The first-order chi connectivity index (χ1) is 15.5. The molecule has 2 fully saturated rings. The Morgan fingerprint density at radius 2 is 2.00 bits per heavy atom. The SMILES string of the molecule is COc1ccc(/C(O)=C2\C(=O)C(=O)N(CCCN3CCOCC3)C2c2ccco2)cc1F. The molecule has 9 heteroatoms. The number of hydrogen-bond donors (Lipinski definition) is 1. The molecule has 1 aromatic heterocycles. The van der Waals surface area contributed by atoms with Crippen LogP contribution in [0.15, 0.2) is 46.6 Å². The van der Waals surface area contributed by atoms with Gasteiger partial charge in [0.1, 0.15) is 17.6 Å². The molecule has 1 atom stereocenters. The van der Waals surface area contributed by atoms with Crippen molar-refractivity contribution < 1.29 is 33.0 Å². The highest BCUT2D eigenvalue weighted by Gasteiger charge is 2.47. The van der Waals surface area contributed by atoms with E-state index in [0.717, 1.165) is 25.7 Å². The Morgan fingerprint density at radius 1 is 1.22 bits per heavy atom. The van der Waals surface area contributed by atoms with Crippen LogP contribution in [0.3, 0.4) is 0 Å². The molecule has 1 N–H and O–H groups in total. The summed E-state index contributed by atoms with van der Waals surface area (Å²) in [6.07, 6.45) is 2.08. The molecule has 4 rings (SSSR count). The molecular formula is C23H25FN2O6. The van der Waals surface area contributed by atoms with Crippen molar-refractivity contribution in [3.63, 3.8) is 0 Å². The standard InChI is InChI=1S/C23H25FN2O6/c1-30-17-6-5-15(14-16(17)24)21(27)19-20(18-4-2-11-32-18)26(23(29)22(19)28)8-3-7-25-9-12-31-13-10-25/h2,4-6,11,14,20,27H,3,7-10,12-13H2,1H3/b21-19+. The van der Waals surface area contributed by atoms with Gasteiger partial charge >= 0.3 is 0 Å². The number of likely N-dealkylation sites (tertiary alicyclic amines) is 1. The third-order valence-corrected chi connectivity index (χ3v) is 5.75. The van der Waals surface area contributed by atoms with E-state index in [9.17, 15) is 19.1 Å². The minimum absolute atomic E-state index is 0.00713. The number of morpholine rings is 1. The van der Waals surface area contributed by atoms with Gasteiger partial charge in [0.25, 0.3) is 11.7 Å². The Kier molecular flexibility index (Phi) is 6.57. The Hall–Kier alpha value is -3.17. The lowest BCUT2D eigenvalue weighted by Gasteiger charge is -2.28. The maximum Gasteiger partial charge on any atom is 0.295 e. The first-order valence-corrected chi connectivity index (χ1v) is 10.5. The molecular weight excluding hydrogens is 419 g/mol. The molecule has 0 radical (unpaired) electrons. The lowest BCUT2D eigenvalue weighted by atomic mass is 9.99. The van der Waals surface area contributed by atoms with Gasteiger partial charge in [-0.3, -0.25) is 14.5 Å². The van der Waals surface area contributed by atoms with Crippen LogP contribution in [0.1, 0.15) is 23.8 Å². The van der Waals surface area contributed by atoms with Gasteiger partial charge in [-0.15, -0.1) is 0 Å². The second kappa shape index (κ2) is 9.54. The number of aliphatic hydroxyl groups is 1. The first kappa shape index (κ1) is 22.0. The molecule has 0 aliphatic carbocycles. The number of rotatable bonds is 7. The molecule has 2 saturated heterocycles. The molecule has 0 saturated carbocycles. The lowest BCUT2D eigenvalue weighted by molar-refractivity contribution is -0.140. The van der Waals surface area contributed by atoms with E-state index in [1.165, 1.54) is 30.4 Å². The number of benzene rings is 1. The van der Waals surface area contributed by atoms with Crippen LogP contribution < -0.4 is 4.74 Å². The van der Waals surface area contributed by atoms with E-state index in [4.69, 9.17) is 13.9 Å². The molecule has 1 unspecified atom stereocenters. The van der Waals surface area contributed by atoms with Crippen LogP contribution in [-0.4, -0.2) is 73.1 Å². The van der Waals surface area contributed by atoms with Crippen LogP contribution >= 0.6 is 0 Å². The molecule has 2 aromatic rings. The Labute approximate surface area is 184 Å². The number of Topliss-reactive ketones (excluding diaryl/α,β-unsaturated/α-hetero) is 1. The van der Waals surface area contributed by atoms with E-state index < -0.39 is 29.3 Å². The summed E-state index contributed by atoms with van der Waals surface area (Å²) in [5.74, 6) is -2.33. The number of aliphatic hydroxyl groups excluding tert-OH is 1. The summed E-state index contributed by atoms with van der Waals surface area (Å²) in [5.41, 5.74) is -0.0490. The zero-order valence-corrected chi connectivity index (χ0v) is 17.8. The average Bonchev–Trinajstić information content (AvgIpc) is 3.42. The van der Waals surface area contributed by atoms with Gasteiger partial charge in [0.2, 0.25) is 0 Å². The fraction of sp³-hybridized carbons (Fsp3) is 0.391. The van der Waals surface area contributed by atoms with E-state index in [1.54, 1.807) is 12.1 Å². The fourth-order valence-electron chi connectivity index (χ4n) is 4.11. The number of ether oxygens (including phenoxy) is 2. The monoisotopic (exact) mass is 444 g/mol. The number of nitrogens with zero attached hydrogens (tertiary/aromatic N) is 2. The zero-order chi connectivity index (χ0) is 22.7. The van der Waals surface area contributed by atoms with Crippen molar-refractivity contribution in [1.82, 2.24) is 9.80 Å². The van der Waals surface area contributed by atoms with Crippen LogP contribution in [0.25, 0.3) is 5.76 Å². The molecule has 170 valence electrons. The Balaban J connectivity index is 1.63. The van der Waals surface area contributed by atoms with Crippen molar-refractivity contribution in [2.75, 3.05) is 46.5 Å². The van der Waals surface area contributed by atoms with Crippen molar-refractivity contribution in [3.8, 4) is 5.75 Å². The number of ketones is 1. The normalized spacial score (nSPS) is 21.3. The van der Waals surface area contributed by atoms with Gasteiger partial charge in [0, 0.05) is 31.7 Å². The summed E-state index contributed by atoms with van der Waals surface area (Å²) in [6.45, 7) is 4.06.